The fourth-order valence-electron chi connectivity index (χ4n) is 4.43. The van der Waals surface area contributed by atoms with E-state index in [-0.39, 0.29) is 23.9 Å². The number of hydrogen-bond acceptors (Lipinski definition) is 4. The van der Waals surface area contributed by atoms with Gasteiger partial charge >= 0.3 is 0 Å². The van der Waals surface area contributed by atoms with Crippen molar-refractivity contribution < 1.29 is 14.0 Å². The molecule has 8 heteroatoms. The maximum atomic E-state index is 14.0. The molecule has 176 valence electrons. The maximum Gasteiger partial charge on any atom is 0.256 e. The second-order valence-electron chi connectivity index (χ2n) is 8.69. The van der Waals surface area contributed by atoms with E-state index in [0.717, 1.165) is 18.8 Å². The highest BCUT2D eigenvalue weighted by molar-refractivity contribution is 6.31. The number of nitrogens with one attached hydrogen (secondary N) is 1. The molecule has 2 fully saturated rings. The van der Waals surface area contributed by atoms with Gasteiger partial charge in [-0.2, -0.15) is 0 Å². The highest BCUT2D eigenvalue weighted by Gasteiger charge is 2.25. The number of hydrogen-bond donors (Lipinski definition) is 1. The standard InChI is InChI=1S/C25H30ClFN4O2/c26-19-5-10-23(27)22(17-19)25(33)31-15-13-29(14-16-31)18-24(32)28-20-6-8-21(9-7-20)30-11-3-1-2-4-12-30/h5-10,17H,1-4,11-16,18H2,(H,28,32). The molecule has 2 aromatic carbocycles. The van der Waals surface area contributed by atoms with Gasteiger partial charge < -0.3 is 15.1 Å². The van der Waals surface area contributed by atoms with Crippen LogP contribution in [0.4, 0.5) is 15.8 Å². The molecule has 1 N–H and O–H groups in total. The second kappa shape index (κ2) is 11.0. The minimum Gasteiger partial charge on any atom is -0.372 e. The van der Waals surface area contributed by atoms with Crippen molar-refractivity contribution in [3.8, 4) is 0 Å². The zero-order valence-electron chi connectivity index (χ0n) is 18.7. The van der Waals surface area contributed by atoms with Crippen LogP contribution >= 0.6 is 11.6 Å². The van der Waals surface area contributed by atoms with Gasteiger partial charge in [-0.15, -0.1) is 0 Å². The van der Waals surface area contributed by atoms with Gasteiger partial charge in [0.1, 0.15) is 5.82 Å². The van der Waals surface area contributed by atoms with E-state index in [9.17, 15) is 14.0 Å². The molecule has 0 aliphatic carbocycles. The fourth-order valence-corrected chi connectivity index (χ4v) is 4.60. The lowest BCUT2D eigenvalue weighted by molar-refractivity contribution is -0.117. The smallest absolute Gasteiger partial charge is 0.256 e. The predicted octanol–water partition coefficient (Wildman–Crippen LogP) is 4.26. The van der Waals surface area contributed by atoms with Crippen molar-refractivity contribution in [1.29, 1.82) is 0 Å². The Kier molecular flexibility index (Phi) is 7.83. The Balaban J connectivity index is 1.24. The van der Waals surface area contributed by atoms with Gasteiger partial charge in [0.2, 0.25) is 5.91 Å². The highest BCUT2D eigenvalue weighted by atomic mass is 35.5. The first kappa shape index (κ1) is 23.5. The molecular weight excluding hydrogens is 443 g/mol. The number of carbonyl (C=O) groups is 2. The Morgan fingerprint density at radius 2 is 1.55 bits per heavy atom. The molecule has 2 aromatic rings. The molecule has 0 atom stereocenters. The summed E-state index contributed by atoms with van der Waals surface area (Å²) in [5.41, 5.74) is 1.97. The third-order valence-electron chi connectivity index (χ3n) is 6.31. The van der Waals surface area contributed by atoms with Crippen LogP contribution in [-0.4, -0.2) is 67.4 Å². The Morgan fingerprint density at radius 1 is 0.879 bits per heavy atom. The number of benzene rings is 2. The summed E-state index contributed by atoms with van der Waals surface area (Å²) in [5, 5.41) is 3.29. The van der Waals surface area contributed by atoms with Crippen LogP contribution in [0, 0.1) is 5.82 Å². The number of piperazine rings is 1. The summed E-state index contributed by atoms with van der Waals surface area (Å²) < 4.78 is 14.0. The first-order valence-corrected chi connectivity index (χ1v) is 12.0. The first-order chi connectivity index (χ1) is 16.0. The van der Waals surface area contributed by atoms with Crippen molar-refractivity contribution in [1.82, 2.24) is 9.80 Å². The summed E-state index contributed by atoms with van der Waals surface area (Å²) in [4.78, 5) is 31.2. The van der Waals surface area contributed by atoms with Gasteiger partial charge in [0.25, 0.3) is 5.91 Å². The van der Waals surface area contributed by atoms with Crippen molar-refractivity contribution in [2.75, 3.05) is 56.0 Å². The number of carbonyl (C=O) groups excluding carboxylic acids is 2. The monoisotopic (exact) mass is 472 g/mol. The average Bonchev–Trinajstić information content (AvgIpc) is 3.11. The molecule has 0 radical (unpaired) electrons. The molecule has 0 unspecified atom stereocenters. The minimum atomic E-state index is -0.576. The van der Waals surface area contributed by atoms with Crippen LogP contribution in [0.1, 0.15) is 36.0 Å². The van der Waals surface area contributed by atoms with E-state index in [1.165, 1.54) is 49.6 Å². The fraction of sp³-hybridized carbons (Fsp3) is 0.440. The minimum absolute atomic E-state index is 0.0164. The molecule has 4 rings (SSSR count). The summed E-state index contributed by atoms with van der Waals surface area (Å²) in [6, 6.07) is 12.0. The molecule has 33 heavy (non-hydrogen) atoms. The van der Waals surface area contributed by atoms with Crippen LogP contribution in [0.5, 0.6) is 0 Å². The lowest BCUT2D eigenvalue weighted by Gasteiger charge is -2.34. The summed E-state index contributed by atoms with van der Waals surface area (Å²) in [6.45, 7) is 4.39. The van der Waals surface area contributed by atoms with E-state index in [2.05, 4.69) is 22.3 Å². The van der Waals surface area contributed by atoms with Crippen LogP contribution in [0.2, 0.25) is 5.02 Å². The number of rotatable bonds is 5. The topological polar surface area (TPSA) is 55.9 Å². The molecular formula is C25H30ClFN4O2. The average molecular weight is 473 g/mol. The second-order valence-corrected chi connectivity index (χ2v) is 9.13. The molecule has 0 bridgehead atoms. The number of amides is 2. The lowest BCUT2D eigenvalue weighted by atomic mass is 10.1. The van der Waals surface area contributed by atoms with Gasteiger partial charge in [0.05, 0.1) is 12.1 Å². The Bertz CT molecular complexity index is 969. The van der Waals surface area contributed by atoms with Crippen molar-refractivity contribution in [3.63, 3.8) is 0 Å². The van der Waals surface area contributed by atoms with Crippen LogP contribution in [-0.2, 0) is 4.79 Å². The Labute approximate surface area is 199 Å². The summed E-state index contributed by atoms with van der Waals surface area (Å²) >= 11 is 5.91. The van der Waals surface area contributed by atoms with E-state index in [4.69, 9.17) is 11.6 Å². The molecule has 0 aromatic heterocycles. The first-order valence-electron chi connectivity index (χ1n) is 11.6. The maximum absolute atomic E-state index is 14.0. The third kappa shape index (κ3) is 6.24. The van der Waals surface area contributed by atoms with Crippen molar-refractivity contribution in [2.45, 2.75) is 25.7 Å². The Morgan fingerprint density at radius 3 is 2.21 bits per heavy atom. The van der Waals surface area contributed by atoms with Gasteiger partial charge in [0, 0.05) is 55.7 Å². The summed E-state index contributed by atoms with van der Waals surface area (Å²) in [7, 11) is 0. The van der Waals surface area contributed by atoms with E-state index < -0.39 is 5.82 Å². The van der Waals surface area contributed by atoms with Gasteiger partial charge in [-0.3, -0.25) is 14.5 Å². The highest BCUT2D eigenvalue weighted by Crippen LogP contribution is 2.22. The molecule has 0 saturated carbocycles. The Hall–Kier alpha value is -2.64. The van der Waals surface area contributed by atoms with Gasteiger partial charge in [-0.05, 0) is 55.3 Å². The third-order valence-corrected chi connectivity index (χ3v) is 6.54. The molecule has 0 spiro atoms. The molecule has 2 aliphatic heterocycles. The summed E-state index contributed by atoms with van der Waals surface area (Å²) in [5.74, 6) is -1.03. The number of halogens is 2. The van der Waals surface area contributed by atoms with E-state index in [1.807, 2.05) is 17.0 Å². The molecule has 2 aliphatic rings. The lowest BCUT2D eigenvalue weighted by Crippen LogP contribution is -2.50. The van der Waals surface area contributed by atoms with Crippen molar-refractivity contribution in [3.05, 3.63) is 58.9 Å². The normalized spacial score (nSPS) is 17.5. The zero-order valence-corrected chi connectivity index (χ0v) is 19.5. The van der Waals surface area contributed by atoms with Crippen LogP contribution in [0.15, 0.2) is 42.5 Å². The van der Waals surface area contributed by atoms with E-state index >= 15 is 0 Å². The quantitative estimate of drug-likeness (QED) is 0.706. The van der Waals surface area contributed by atoms with E-state index in [0.29, 0.717) is 31.2 Å². The number of anilines is 2. The van der Waals surface area contributed by atoms with Crippen LogP contribution in [0.25, 0.3) is 0 Å². The van der Waals surface area contributed by atoms with Gasteiger partial charge in [-0.1, -0.05) is 24.4 Å². The largest absolute Gasteiger partial charge is 0.372 e. The molecule has 6 nitrogen and oxygen atoms in total. The molecule has 2 amide bonds. The summed E-state index contributed by atoms with van der Waals surface area (Å²) in [6.07, 6.45) is 5.05. The van der Waals surface area contributed by atoms with Gasteiger partial charge in [-0.25, -0.2) is 4.39 Å². The molecule has 2 heterocycles. The van der Waals surface area contributed by atoms with Crippen LogP contribution in [0.3, 0.4) is 0 Å². The van der Waals surface area contributed by atoms with Gasteiger partial charge in [0.15, 0.2) is 0 Å². The SMILES string of the molecule is O=C(CN1CCN(C(=O)c2cc(Cl)ccc2F)CC1)Nc1ccc(N2CCCCCC2)cc1. The predicted molar refractivity (Wildman–Crippen MR) is 130 cm³/mol. The molecule has 2 saturated heterocycles. The van der Waals surface area contributed by atoms with E-state index in [1.54, 1.807) is 4.90 Å². The van der Waals surface area contributed by atoms with Crippen molar-refractivity contribution in [2.24, 2.45) is 0 Å². The number of nitrogens with zero attached hydrogens (tertiary/aromatic N) is 3. The van der Waals surface area contributed by atoms with Crippen LogP contribution < -0.4 is 10.2 Å². The van der Waals surface area contributed by atoms with Crippen molar-refractivity contribution >= 4 is 34.8 Å². The zero-order chi connectivity index (χ0) is 23.2.